The summed E-state index contributed by atoms with van der Waals surface area (Å²) in [6.45, 7) is 4.03. The minimum Gasteiger partial charge on any atom is -0.314 e. The highest BCUT2D eigenvalue weighted by Gasteiger charge is 2.42. The fraction of sp³-hybridized carbons (Fsp3) is 1.00. The third kappa shape index (κ3) is 4.08. The Morgan fingerprint density at radius 3 is 2.52 bits per heavy atom. The molecule has 1 saturated heterocycles. The second-order valence-electron chi connectivity index (χ2n) is 7.23. The molecule has 1 N–H and O–H groups in total. The maximum Gasteiger partial charge on any atom is 0.248 e. The van der Waals surface area contributed by atoms with Gasteiger partial charge in [-0.25, -0.2) is 8.78 Å². The molecule has 1 heterocycles. The Hall–Kier alpha value is 0.0700. The molecule has 3 rings (SSSR count). The van der Waals surface area contributed by atoms with Crippen molar-refractivity contribution in [3.8, 4) is 0 Å². The molecule has 3 aliphatic rings. The van der Waals surface area contributed by atoms with Gasteiger partial charge in [0.1, 0.15) is 0 Å². The molecule has 2 saturated carbocycles. The highest BCUT2D eigenvalue weighted by molar-refractivity contribution is 5.85. The summed E-state index contributed by atoms with van der Waals surface area (Å²) in [5.74, 6) is -2.20. The molecule has 0 aromatic rings. The molecule has 3 fully saturated rings. The molecule has 1 spiro atoms. The maximum absolute atomic E-state index is 13.6. The van der Waals surface area contributed by atoms with E-state index in [1.807, 2.05) is 0 Å². The van der Waals surface area contributed by atoms with E-state index in [-0.39, 0.29) is 36.7 Å². The molecular formula is C16H29ClF2N2. The summed E-state index contributed by atoms with van der Waals surface area (Å²) in [5, 5.41) is 3.54. The lowest BCUT2D eigenvalue weighted by Gasteiger charge is -2.51. The van der Waals surface area contributed by atoms with Crippen LogP contribution in [0.15, 0.2) is 0 Å². The first kappa shape index (κ1) is 17.4. The van der Waals surface area contributed by atoms with Crippen LogP contribution in [0.1, 0.15) is 57.8 Å². The predicted octanol–water partition coefficient (Wildman–Crippen LogP) is 3.84. The molecule has 5 heteroatoms. The van der Waals surface area contributed by atoms with Gasteiger partial charge in [0.05, 0.1) is 0 Å². The molecule has 1 aliphatic heterocycles. The Balaban J connectivity index is 0.00000161. The Kier molecular flexibility index (Phi) is 5.89. The topological polar surface area (TPSA) is 15.3 Å². The van der Waals surface area contributed by atoms with Crippen LogP contribution in [0.4, 0.5) is 8.78 Å². The third-order valence-corrected chi connectivity index (χ3v) is 5.69. The van der Waals surface area contributed by atoms with Gasteiger partial charge in [-0.1, -0.05) is 19.3 Å². The van der Waals surface area contributed by atoms with Gasteiger partial charge in [0.2, 0.25) is 5.92 Å². The van der Waals surface area contributed by atoms with Crippen molar-refractivity contribution >= 4 is 12.4 Å². The van der Waals surface area contributed by atoms with Crippen LogP contribution in [-0.4, -0.2) is 42.5 Å². The Bertz CT molecular complexity index is 324. The van der Waals surface area contributed by atoms with Crippen LogP contribution in [0.25, 0.3) is 0 Å². The van der Waals surface area contributed by atoms with E-state index in [9.17, 15) is 8.78 Å². The zero-order chi connectivity index (χ0) is 14.1. The summed E-state index contributed by atoms with van der Waals surface area (Å²) in [7, 11) is 0. The predicted molar refractivity (Wildman–Crippen MR) is 84.4 cm³/mol. The number of nitrogens with one attached hydrogen (secondary N) is 1. The van der Waals surface area contributed by atoms with Gasteiger partial charge in [0.15, 0.2) is 0 Å². The molecule has 0 aromatic heterocycles. The second-order valence-corrected chi connectivity index (χ2v) is 7.23. The minimum absolute atomic E-state index is 0. The summed E-state index contributed by atoms with van der Waals surface area (Å²) in [4.78, 5) is 2.58. The quantitative estimate of drug-likeness (QED) is 0.831. The number of halogens is 3. The highest BCUT2D eigenvalue weighted by Crippen LogP contribution is 2.40. The summed E-state index contributed by atoms with van der Waals surface area (Å²) in [6.07, 6.45) is 8.39. The van der Waals surface area contributed by atoms with Crippen LogP contribution in [0.5, 0.6) is 0 Å². The van der Waals surface area contributed by atoms with Crippen LogP contribution >= 0.6 is 12.4 Å². The summed E-state index contributed by atoms with van der Waals surface area (Å²) >= 11 is 0. The number of rotatable bonds is 2. The SMILES string of the molecule is Cl.FC1(F)CCCC(CN2CCNCC23CCCCC3)C1. The molecule has 0 amide bonds. The molecule has 2 nitrogen and oxygen atoms in total. The standard InChI is InChI=1S/C16H28F2N2.ClH/c17-16(18)8-4-5-14(11-16)12-20-10-9-19-13-15(20)6-2-1-3-7-15;/h14,19H,1-13H2;1H. The molecule has 0 aromatic carbocycles. The van der Waals surface area contributed by atoms with Crippen molar-refractivity contribution in [2.75, 3.05) is 26.2 Å². The fourth-order valence-electron chi connectivity index (χ4n) is 4.62. The lowest BCUT2D eigenvalue weighted by Crippen LogP contribution is -2.63. The van der Waals surface area contributed by atoms with E-state index in [1.165, 1.54) is 32.1 Å². The van der Waals surface area contributed by atoms with Crippen molar-refractivity contribution in [1.82, 2.24) is 10.2 Å². The number of alkyl halides is 2. The van der Waals surface area contributed by atoms with Crippen molar-refractivity contribution in [3.05, 3.63) is 0 Å². The molecule has 1 unspecified atom stereocenters. The van der Waals surface area contributed by atoms with Crippen molar-refractivity contribution in [3.63, 3.8) is 0 Å². The van der Waals surface area contributed by atoms with Gasteiger partial charge in [0.25, 0.3) is 0 Å². The van der Waals surface area contributed by atoms with Gasteiger partial charge in [-0.05, 0) is 31.6 Å². The Labute approximate surface area is 133 Å². The van der Waals surface area contributed by atoms with E-state index in [4.69, 9.17) is 0 Å². The van der Waals surface area contributed by atoms with E-state index >= 15 is 0 Å². The van der Waals surface area contributed by atoms with Gasteiger partial charge in [0, 0.05) is 44.6 Å². The first-order chi connectivity index (χ1) is 9.60. The maximum atomic E-state index is 13.6. The van der Waals surface area contributed by atoms with Gasteiger partial charge < -0.3 is 5.32 Å². The van der Waals surface area contributed by atoms with E-state index < -0.39 is 5.92 Å². The van der Waals surface area contributed by atoms with Crippen LogP contribution in [0.3, 0.4) is 0 Å². The van der Waals surface area contributed by atoms with Gasteiger partial charge in [-0.3, -0.25) is 4.90 Å². The van der Waals surface area contributed by atoms with E-state index in [0.717, 1.165) is 32.6 Å². The first-order valence-corrected chi connectivity index (χ1v) is 8.43. The Morgan fingerprint density at radius 1 is 1.05 bits per heavy atom. The van der Waals surface area contributed by atoms with Crippen LogP contribution in [-0.2, 0) is 0 Å². The van der Waals surface area contributed by atoms with Crippen LogP contribution in [0.2, 0.25) is 0 Å². The fourth-order valence-corrected chi connectivity index (χ4v) is 4.62. The number of nitrogens with zero attached hydrogens (tertiary/aromatic N) is 1. The molecule has 1 atom stereocenters. The molecule has 21 heavy (non-hydrogen) atoms. The van der Waals surface area contributed by atoms with Gasteiger partial charge in [-0.15, -0.1) is 12.4 Å². The molecule has 0 bridgehead atoms. The summed E-state index contributed by atoms with van der Waals surface area (Å²) < 4.78 is 27.2. The van der Waals surface area contributed by atoms with E-state index in [2.05, 4.69) is 10.2 Å². The van der Waals surface area contributed by atoms with Crippen molar-refractivity contribution in [2.45, 2.75) is 69.2 Å². The van der Waals surface area contributed by atoms with Crippen LogP contribution in [0, 0.1) is 5.92 Å². The van der Waals surface area contributed by atoms with Crippen molar-refractivity contribution < 1.29 is 8.78 Å². The van der Waals surface area contributed by atoms with E-state index in [0.29, 0.717) is 6.42 Å². The average molecular weight is 323 g/mol. The van der Waals surface area contributed by atoms with Gasteiger partial charge in [-0.2, -0.15) is 0 Å². The van der Waals surface area contributed by atoms with Crippen LogP contribution < -0.4 is 5.32 Å². The minimum atomic E-state index is -2.41. The van der Waals surface area contributed by atoms with Gasteiger partial charge >= 0.3 is 0 Å². The van der Waals surface area contributed by atoms with E-state index in [1.54, 1.807) is 0 Å². The average Bonchev–Trinajstić information content (AvgIpc) is 2.42. The zero-order valence-electron chi connectivity index (χ0n) is 12.9. The number of hydrogen-bond donors (Lipinski definition) is 1. The summed E-state index contributed by atoms with van der Waals surface area (Å²) in [6, 6.07) is 0. The largest absolute Gasteiger partial charge is 0.314 e. The lowest BCUT2D eigenvalue weighted by atomic mass is 9.77. The second kappa shape index (κ2) is 7.10. The lowest BCUT2D eigenvalue weighted by molar-refractivity contribution is -0.0679. The number of hydrogen-bond acceptors (Lipinski definition) is 2. The monoisotopic (exact) mass is 322 g/mol. The smallest absolute Gasteiger partial charge is 0.248 e. The molecule has 2 aliphatic carbocycles. The highest BCUT2D eigenvalue weighted by atomic mass is 35.5. The van der Waals surface area contributed by atoms with Crippen molar-refractivity contribution in [1.29, 1.82) is 0 Å². The van der Waals surface area contributed by atoms with Crippen molar-refractivity contribution in [2.24, 2.45) is 5.92 Å². The molecule has 124 valence electrons. The third-order valence-electron chi connectivity index (χ3n) is 5.69. The normalized spacial score (nSPS) is 32.6. The summed E-state index contributed by atoms with van der Waals surface area (Å²) in [5.41, 5.74) is 0.281. The number of piperazine rings is 1. The Morgan fingerprint density at radius 2 is 1.81 bits per heavy atom. The molecule has 0 radical (unpaired) electrons. The first-order valence-electron chi connectivity index (χ1n) is 8.43. The molecular weight excluding hydrogens is 294 g/mol. The zero-order valence-corrected chi connectivity index (χ0v) is 13.7.